The van der Waals surface area contributed by atoms with Crippen LogP contribution in [0.15, 0.2) is 29.3 Å². The monoisotopic (exact) mass is 337 g/mol. The van der Waals surface area contributed by atoms with Crippen LogP contribution < -0.4 is 10.6 Å². The van der Waals surface area contributed by atoms with E-state index in [2.05, 4.69) is 15.6 Å². The zero-order chi connectivity index (χ0) is 16.5. The van der Waals surface area contributed by atoms with Crippen LogP contribution in [0, 0.1) is 5.41 Å². The van der Waals surface area contributed by atoms with E-state index in [0.29, 0.717) is 12.0 Å². The van der Waals surface area contributed by atoms with E-state index in [1.54, 1.807) is 14.2 Å². The Hall–Kier alpha value is -1.26. The fourth-order valence-electron chi connectivity index (χ4n) is 3.27. The summed E-state index contributed by atoms with van der Waals surface area (Å²) in [5, 5.41) is 7.62. The molecule has 23 heavy (non-hydrogen) atoms. The second-order valence-electron chi connectivity index (χ2n) is 6.32. The van der Waals surface area contributed by atoms with Crippen molar-refractivity contribution in [1.29, 1.82) is 0 Å². The number of benzene rings is 1. The summed E-state index contributed by atoms with van der Waals surface area (Å²) < 4.78 is 5.29. The van der Waals surface area contributed by atoms with E-state index in [1.807, 2.05) is 24.3 Å². The van der Waals surface area contributed by atoms with Crippen LogP contribution in [-0.4, -0.2) is 33.3 Å². The Labute approximate surface area is 144 Å². The Morgan fingerprint density at radius 3 is 2.65 bits per heavy atom. The molecule has 0 aliphatic heterocycles. The molecule has 1 aliphatic rings. The van der Waals surface area contributed by atoms with Crippen molar-refractivity contribution in [3.8, 4) is 0 Å². The zero-order valence-corrected chi connectivity index (χ0v) is 15.0. The van der Waals surface area contributed by atoms with E-state index >= 15 is 0 Å². The molecule has 128 valence electrons. The van der Waals surface area contributed by atoms with E-state index in [4.69, 9.17) is 16.3 Å². The molecule has 0 atom stereocenters. The van der Waals surface area contributed by atoms with Crippen molar-refractivity contribution in [1.82, 2.24) is 10.6 Å². The summed E-state index contributed by atoms with van der Waals surface area (Å²) in [6.07, 6.45) is 6.28. The highest BCUT2D eigenvalue weighted by molar-refractivity contribution is 6.31. The normalized spacial score (nSPS) is 17.3. The summed E-state index contributed by atoms with van der Waals surface area (Å²) >= 11 is 6.20. The lowest BCUT2D eigenvalue weighted by molar-refractivity contribution is 0.138. The van der Waals surface area contributed by atoms with Crippen molar-refractivity contribution < 1.29 is 4.74 Å². The minimum atomic E-state index is 0.345. The first kappa shape index (κ1) is 18.1. The minimum Gasteiger partial charge on any atom is -0.385 e. The molecule has 0 aromatic heterocycles. The highest BCUT2D eigenvalue weighted by Gasteiger charge is 2.33. The number of ether oxygens (including phenoxy) is 1. The van der Waals surface area contributed by atoms with Crippen LogP contribution >= 0.6 is 11.6 Å². The number of hydrogen-bond acceptors (Lipinski definition) is 2. The molecule has 1 aromatic rings. The van der Waals surface area contributed by atoms with Gasteiger partial charge in [-0.3, -0.25) is 4.99 Å². The van der Waals surface area contributed by atoms with Gasteiger partial charge in [0.25, 0.3) is 0 Å². The first-order valence-corrected chi connectivity index (χ1v) is 8.74. The molecule has 1 fully saturated rings. The third-order valence-corrected chi connectivity index (χ3v) is 5.13. The third kappa shape index (κ3) is 5.40. The molecule has 0 unspecified atom stereocenters. The summed E-state index contributed by atoms with van der Waals surface area (Å²) in [5.74, 6) is 0.827. The third-order valence-electron chi connectivity index (χ3n) is 4.76. The van der Waals surface area contributed by atoms with Crippen molar-refractivity contribution in [2.75, 3.05) is 27.3 Å². The second-order valence-corrected chi connectivity index (χ2v) is 6.73. The first-order chi connectivity index (χ1) is 11.2. The van der Waals surface area contributed by atoms with Crippen LogP contribution in [0.3, 0.4) is 0 Å². The standard InChI is InChI=1S/C18H28ClN3O/c1-20-17(21-13-15-7-3-4-8-16(15)19)22-14-18(11-12-23-2)9-5-6-10-18/h3-4,7-8H,5-6,9-14H2,1-2H3,(H2,20,21,22). The average Bonchev–Trinajstić information content (AvgIpc) is 3.04. The molecule has 2 rings (SSSR count). The molecule has 1 aliphatic carbocycles. The maximum absolute atomic E-state index is 6.20. The minimum absolute atomic E-state index is 0.345. The number of rotatable bonds is 7. The van der Waals surface area contributed by atoms with Crippen LogP contribution in [0.5, 0.6) is 0 Å². The number of guanidine groups is 1. The Morgan fingerprint density at radius 2 is 2.00 bits per heavy atom. The van der Waals surface area contributed by atoms with Gasteiger partial charge in [0.1, 0.15) is 0 Å². The quantitative estimate of drug-likeness (QED) is 0.590. The van der Waals surface area contributed by atoms with Crippen molar-refractivity contribution in [3.63, 3.8) is 0 Å². The fourth-order valence-corrected chi connectivity index (χ4v) is 3.47. The highest BCUT2D eigenvalue weighted by atomic mass is 35.5. The number of hydrogen-bond donors (Lipinski definition) is 2. The molecule has 5 heteroatoms. The van der Waals surface area contributed by atoms with Crippen LogP contribution in [0.4, 0.5) is 0 Å². The van der Waals surface area contributed by atoms with E-state index in [-0.39, 0.29) is 0 Å². The molecule has 0 heterocycles. The predicted molar refractivity (Wildman–Crippen MR) is 97.0 cm³/mol. The van der Waals surface area contributed by atoms with Crippen molar-refractivity contribution >= 4 is 17.6 Å². The van der Waals surface area contributed by atoms with Crippen molar-refractivity contribution in [2.45, 2.75) is 38.6 Å². The molecule has 0 bridgehead atoms. The zero-order valence-electron chi connectivity index (χ0n) is 14.2. The molecule has 1 aromatic carbocycles. The summed E-state index contributed by atoms with van der Waals surface area (Å²) in [6, 6.07) is 7.88. The predicted octanol–water partition coefficient (Wildman–Crippen LogP) is 3.60. The van der Waals surface area contributed by atoms with Gasteiger partial charge in [-0.1, -0.05) is 42.6 Å². The smallest absolute Gasteiger partial charge is 0.191 e. The van der Waals surface area contributed by atoms with Crippen molar-refractivity contribution in [3.05, 3.63) is 34.9 Å². The van der Waals surface area contributed by atoms with E-state index in [1.165, 1.54) is 25.7 Å². The van der Waals surface area contributed by atoms with E-state index < -0.39 is 0 Å². The Kier molecular flexibility index (Phi) is 7.18. The molecule has 4 nitrogen and oxygen atoms in total. The Bertz CT molecular complexity index is 513. The van der Waals surface area contributed by atoms with Crippen LogP contribution in [0.2, 0.25) is 5.02 Å². The number of halogens is 1. The number of nitrogens with one attached hydrogen (secondary N) is 2. The Balaban J connectivity index is 1.85. The molecular weight excluding hydrogens is 310 g/mol. The number of methoxy groups -OCH3 is 1. The molecule has 1 saturated carbocycles. The van der Waals surface area contributed by atoms with Gasteiger partial charge in [-0.15, -0.1) is 0 Å². The van der Waals surface area contributed by atoms with Gasteiger partial charge in [-0.25, -0.2) is 0 Å². The summed E-state index contributed by atoms with van der Waals surface area (Å²) in [7, 11) is 3.58. The van der Waals surface area contributed by atoms with Crippen LogP contribution in [0.1, 0.15) is 37.7 Å². The lowest BCUT2D eigenvalue weighted by Crippen LogP contribution is -2.43. The first-order valence-electron chi connectivity index (χ1n) is 8.36. The summed E-state index contributed by atoms with van der Waals surface area (Å²) in [5.41, 5.74) is 1.42. The van der Waals surface area contributed by atoms with Gasteiger partial charge in [0.2, 0.25) is 0 Å². The number of nitrogens with zero attached hydrogens (tertiary/aromatic N) is 1. The number of aliphatic imine (C=N–C) groups is 1. The van der Waals surface area contributed by atoms with Crippen LogP contribution in [-0.2, 0) is 11.3 Å². The molecular formula is C18H28ClN3O. The van der Waals surface area contributed by atoms with Gasteiger partial charge < -0.3 is 15.4 Å². The molecule has 0 radical (unpaired) electrons. The van der Waals surface area contributed by atoms with Gasteiger partial charge >= 0.3 is 0 Å². The van der Waals surface area contributed by atoms with E-state index in [9.17, 15) is 0 Å². The molecule has 0 saturated heterocycles. The average molecular weight is 338 g/mol. The van der Waals surface area contributed by atoms with Crippen molar-refractivity contribution in [2.24, 2.45) is 10.4 Å². The molecule has 0 amide bonds. The van der Waals surface area contributed by atoms with Gasteiger partial charge in [0.15, 0.2) is 5.96 Å². The lowest BCUT2D eigenvalue weighted by Gasteiger charge is -2.30. The maximum atomic E-state index is 6.20. The highest BCUT2D eigenvalue weighted by Crippen LogP contribution is 2.40. The van der Waals surface area contributed by atoms with Gasteiger partial charge in [0.05, 0.1) is 0 Å². The largest absolute Gasteiger partial charge is 0.385 e. The van der Waals surface area contributed by atoms with Gasteiger partial charge in [-0.05, 0) is 36.3 Å². The summed E-state index contributed by atoms with van der Waals surface area (Å²) in [6.45, 7) is 2.44. The lowest BCUT2D eigenvalue weighted by atomic mass is 9.83. The fraction of sp³-hybridized carbons (Fsp3) is 0.611. The maximum Gasteiger partial charge on any atom is 0.191 e. The molecule has 0 spiro atoms. The second kappa shape index (κ2) is 9.14. The van der Waals surface area contributed by atoms with Gasteiger partial charge in [0, 0.05) is 38.9 Å². The SMILES string of the molecule is CN=C(NCc1ccccc1Cl)NCC1(CCOC)CCCC1. The molecule has 2 N–H and O–H groups in total. The topological polar surface area (TPSA) is 45.7 Å². The Morgan fingerprint density at radius 1 is 1.26 bits per heavy atom. The van der Waals surface area contributed by atoms with Gasteiger partial charge in [-0.2, -0.15) is 0 Å². The summed E-state index contributed by atoms with van der Waals surface area (Å²) in [4.78, 5) is 4.33. The van der Waals surface area contributed by atoms with E-state index in [0.717, 1.165) is 36.1 Å². The van der Waals surface area contributed by atoms with Crippen LogP contribution in [0.25, 0.3) is 0 Å².